The molecule has 1 aromatic heterocycles. The van der Waals surface area contributed by atoms with Gasteiger partial charge in [-0.25, -0.2) is 14.8 Å². The fourth-order valence-corrected chi connectivity index (χ4v) is 3.08. The number of carbonyl (C=O) groups excluding carboxylic acids is 1. The highest BCUT2D eigenvalue weighted by atomic mass is 16.5. The Morgan fingerprint density at radius 3 is 2.74 bits per heavy atom. The van der Waals surface area contributed by atoms with Crippen molar-refractivity contribution in [1.82, 2.24) is 9.97 Å². The van der Waals surface area contributed by atoms with E-state index in [0.717, 1.165) is 11.3 Å². The van der Waals surface area contributed by atoms with Crippen molar-refractivity contribution < 1.29 is 14.3 Å². The van der Waals surface area contributed by atoms with Crippen molar-refractivity contribution in [1.29, 1.82) is 5.26 Å². The zero-order valence-electron chi connectivity index (χ0n) is 16.8. The molecule has 0 radical (unpaired) electrons. The van der Waals surface area contributed by atoms with Crippen molar-refractivity contribution in [3.05, 3.63) is 83.5 Å². The Hall–Kier alpha value is -4.38. The van der Waals surface area contributed by atoms with Gasteiger partial charge in [-0.1, -0.05) is 24.3 Å². The normalized spacial score (nSPS) is 13.3. The van der Waals surface area contributed by atoms with E-state index < -0.39 is 0 Å². The van der Waals surface area contributed by atoms with Crippen molar-refractivity contribution in [2.24, 2.45) is 0 Å². The molecule has 0 atom stereocenters. The number of methoxy groups -OCH3 is 1. The molecule has 8 nitrogen and oxygen atoms in total. The molecular formula is C23H19N5O3. The van der Waals surface area contributed by atoms with E-state index in [1.54, 1.807) is 24.4 Å². The predicted octanol–water partition coefficient (Wildman–Crippen LogP) is 3.61. The summed E-state index contributed by atoms with van der Waals surface area (Å²) in [6.45, 7) is 0.583. The third-order valence-corrected chi connectivity index (χ3v) is 4.67. The van der Waals surface area contributed by atoms with Gasteiger partial charge in [-0.2, -0.15) is 5.26 Å². The second-order valence-electron chi connectivity index (χ2n) is 6.67. The fourth-order valence-electron chi connectivity index (χ4n) is 3.08. The Labute approximate surface area is 179 Å². The molecule has 1 aliphatic rings. The van der Waals surface area contributed by atoms with E-state index in [4.69, 9.17) is 9.47 Å². The molecule has 4 rings (SSSR count). The zero-order chi connectivity index (χ0) is 21.6. The standard InChI is InChI=1S/C23H19N5O3/c1-30-22(29)16-8-6-15(7-9-16)10-12-25-23-26-13-11-18(28-23)17(14-24)21-27-19-4-2-3-5-20(19)31-21/h2-9,11,13,27H,10,12H2,1H3,(H,25,26,28). The molecule has 2 heterocycles. The molecule has 0 aliphatic carbocycles. The summed E-state index contributed by atoms with van der Waals surface area (Å²) in [7, 11) is 1.36. The van der Waals surface area contributed by atoms with Gasteiger partial charge in [0.25, 0.3) is 0 Å². The first kappa shape index (κ1) is 19.9. The molecule has 2 aromatic carbocycles. The lowest BCUT2D eigenvalue weighted by molar-refractivity contribution is 0.0600. The molecule has 0 saturated heterocycles. The molecule has 0 fully saturated rings. The van der Waals surface area contributed by atoms with Gasteiger partial charge in [-0.3, -0.25) is 0 Å². The molecule has 0 saturated carbocycles. The molecule has 2 N–H and O–H groups in total. The number of hydrogen-bond donors (Lipinski definition) is 2. The van der Waals surface area contributed by atoms with Gasteiger partial charge >= 0.3 is 5.97 Å². The molecule has 0 amide bonds. The van der Waals surface area contributed by atoms with Crippen molar-refractivity contribution in [2.75, 3.05) is 24.3 Å². The molecule has 154 valence electrons. The predicted molar refractivity (Wildman–Crippen MR) is 115 cm³/mol. The van der Waals surface area contributed by atoms with Crippen LogP contribution in [0.3, 0.4) is 0 Å². The number of para-hydroxylation sites is 2. The van der Waals surface area contributed by atoms with E-state index in [0.29, 0.717) is 47.4 Å². The van der Waals surface area contributed by atoms with Crippen molar-refractivity contribution >= 4 is 23.2 Å². The van der Waals surface area contributed by atoms with Crippen LogP contribution in [0.1, 0.15) is 21.6 Å². The minimum atomic E-state index is -0.360. The lowest BCUT2D eigenvalue weighted by Crippen LogP contribution is -2.10. The number of rotatable bonds is 6. The average Bonchev–Trinajstić information content (AvgIpc) is 3.23. The highest BCUT2D eigenvalue weighted by molar-refractivity contribution is 5.89. The Morgan fingerprint density at radius 2 is 2.00 bits per heavy atom. The Morgan fingerprint density at radius 1 is 1.19 bits per heavy atom. The number of nitrogens with one attached hydrogen (secondary N) is 2. The maximum absolute atomic E-state index is 11.5. The minimum absolute atomic E-state index is 0.292. The van der Waals surface area contributed by atoms with E-state index in [-0.39, 0.29) is 5.97 Å². The number of ether oxygens (including phenoxy) is 2. The van der Waals surface area contributed by atoms with Crippen LogP contribution in [0, 0.1) is 11.3 Å². The van der Waals surface area contributed by atoms with E-state index in [1.807, 2.05) is 36.4 Å². The number of carbonyl (C=O) groups is 1. The zero-order valence-corrected chi connectivity index (χ0v) is 16.8. The molecule has 0 bridgehead atoms. The van der Waals surface area contributed by atoms with E-state index in [2.05, 4.69) is 26.7 Å². The largest absolute Gasteiger partial charge is 0.465 e. The van der Waals surface area contributed by atoms with Crippen molar-refractivity contribution in [3.8, 4) is 11.8 Å². The highest BCUT2D eigenvalue weighted by Gasteiger charge is 2.21. The summed E-state index contributed by atoms with van der Waals surface area (Å²) >= 11 is 0. The number of nitriles is 1. The number of allylic oxidation sites excluding steroid dienone is 1. The summed E-state index contributed by atoms with van der Waals surface area (Å²) in [4.78, 5) is 20.2. The number of esters is 1. The average molecular weight is 413 g/mol. The maximum Gasteiger partial charge on any atom is 0.337 e. The fraction of sp³-hybridized carbons (Fsp3) is 0.130. The SMILES string of the molecule is COC(=O)c1ccc(CCNc2nccc(C(C#N)=C3Nc4ccccc4O3)n2)cc1. The molecule has 0 unspecified atom stereocenters. The van der Waals surface area contributed by atoms with Crippen LogP contribution in [-0.4, -0.2) is 29.6 Å². The molecular weight excluding hydrogens is 394 g/mol. The van der Waals surface area contributed by atoms with Crippen molar-refractivity contribution in [3.63, 3.8) is 0 Å². The van der Waals surface area contributed by atoms with Gasteiger partial charge in [0.2, 0.25) is 11.8 Å². The Kier molecular flexibility index (Phi) is 5.76. The second kappa shape index (κ2) is 8.97. The van der Waals surface area contributed by atoms with Crippen LogP contribution in [0.5, 0.6) is 5.75 Å². The van der Waals surface area contributed by atoms with Crippen LogP contribution in [0.4, 0.5) is 11.6 Å². The number of aromatic nitrogens is 2. The van der Waals surface area contributed by atoms with Crippen LogP contribution in [-0.2, 0) is 11.2 Å². The van der Waals surface area contributed by atoms with Crippen LogP contribution in [0.15, 0.2) is 66.7 Å². The quantitative estimate of drug-likeness (QED) is 0.466. The van der Waals surface area contributed by atoms with E-state index >= 15 is 0 Å². The monoisotopic (exact) mass is 413 g/mol. The smallest absolute Gasteiger partial charge is 0.337 e. The van der Waals surface area contributed by atoms with Crippen LogP contribution >= 0.6 is 0 Å². The first-order chi connectivity index (χ1) is 15.2. The highest BCUT2D eigenvalue weighted by Crippen LogP contribution is 2.35. The van der Waals surface area contributed by atoms with Gasteiger partial charge < -0.3 is 20.1 Å². The summed E-state index contributed by atoms with van der Waals surface area (Å²) in [5.74, 6) is 1.06. The third kappa shape index (κ3) is 4.46. The van der Waals surface area contributed by atoms with Gasteiger partial charge in [0.15, 0.2) is 5.75 Å². The third-order valence-electron chi connectivity index (χ3n) is 4.67. The van der Waals surface area contributed by atoms with Crippen LogP contribution in [0.25, 0.3) is 5.57 Å². The number of fused-ring (bicyclic) bond motifs is 1. The van der Waals surface area contributed by atoms with Gasteiger partial charge in [-0.05, 0) is 42.3 Å². The summed E-state index contributed by atoms with van der Waals surface area (Å²) in [5.41, 5.74) is 3.11. The summed E-state index contributed by atoms with van der Waals surface area (Å²) in [6, 6.07) is 18.5. The van der Waals surface area contributed by atoms with Gasteiger partial charge in [-0.15, -0.1) is 0 Å². The maximum atomic E-state index is 11.5. The van der Waals surface area contributed by atoms with E-state index in [9.17, 15) is 10.1 Å². The summed E-state index contributed by atoms with van der Waals surface area (Å²) < 4.78 is 10.5. The number of anilines is 2. The van der Waals surface area contributed by atoms with Gasteiger partial charge in [0, 0.05) is 12.7 Å². The minimum Gasteiger partial charge on any atom is -0.465 e. The summed E-state index contributed by atoms with van der Waals surface area (Å²) in [6.07, 6.45) is 2.30. The second-order valence-corrected chi connectivity index (χ2v) is 6.67. The van der Waals surface area contributed by atoms with Crippen LogP contribution < -0.4 is 15.4 Å². The Bertz CT molecular complexity index is 1160. The first-order valence-electron chi connectivity index (χ1n) is 9.61. The first-order valence-corrected chi connectivity index (χ1v) is 9.61. The molecule has 1 aliphatic heterocycles. The van der Waals surface area contributed by atoms with Crippen LogP contribution in [0.2, 0.25) is 0 Å². The number of hydrogen-bond acceptors (Lipinski definition) is 8. The lowest BCUT2D eigenvalue weighted by Gasteiger charge is -2.08. The lowest BCUT2D eigenvalue weighted by atomic mass is 10.1. The number of nitrogens with zero attached hydrogens (tertiary/aromatic N) is 3. The number of benzene rings is 2. The van der Waals surface area contributed by atoms with E-state index in [1.165, 1.54) is 7.11 Å². The molecule has 0 spiro atoms. The van der Waals surface area contributed by atoms with Crippen molar-refractivity contribution in [2.45, 2.75) is 6.42 Å². The molecule has 8 heteroatoms. The Balaban J connectivity index is 1.42. The summed E-state index contributed by atoms with van der Waals surface area (Å²) in [5, 5.41) is 15.9. The van der Waals surface area contributed by atoms with Gasteiger partial charge in [0.05, 0.1) is 24.1 Å². The molecule has 31 heavy (non-hydrogen) atoms. The topological polar surface area (TPSA) is 109 Å². The van der Waals surface area contributed by atoms with Gasteiger partial charge in [0.1, 0.15) is 11.6 Å². The molecule has 3 aromatic rings.